The van der Waals surface area contributed by atoms with Gasteiger partial charge >= 0.3 is 0 Å². The van der Waals surface area contributed by atoms with Crippen molar-refractivity contribution in [2.24, 2.45) is 0 Å². The molecule has 0 bridgehead atoms. The molecule has 0 aliphatic heterocycles. The van der Waals surface area contributed by atoms with Crippen LogP contribution in [0.15, 0.2) is 182 Å². The molecule has 0 saturated heterocycles. The minimum atomic E-state index is 1.22. The predicted molar refractivity (Wildman–Crippen MR) is 189 cm³/mol. The van der Waals surface area contributed by atoms with Crippen molar-refractivity contribution >= 4 is 21.5 Å². The standard InChI is InChI=1S/C44H30/c1-3-15-31(16-4-1)37-29-27-33-19-7-9-21-35(33)43(37)41-25-13-11-23-39(41)40-24-12-14-26-42(40)44-36-22-10-8-20-34(36)28-30-38(44)32-17-5-2-6-18-32/h1-30H. The summed E-state index contributed by atoms with van der Waals surface area (Å²) in [5.74, 6) is 0. The van der Waals surface area contributed by atoms with E-state index in [1.165, 1.54) is 77.2 Å². The Morgan fingerprint density at radius 1 is 0.205 bits per heavy atom. The smallest absolute Gasteiger partial charge is 0.00206 e. The third-order valence-electron chi connectivity index (χ3n) is 8.71. The van der Waals surface area contributed by atoms with Crippen molar-refractivity contribution in [1.82, 2.24) is 0 Å². The Bertz CT molecular complexity index is 2090. The molecule has 8 aromatic rings. The molecule has 8 aromatic carbocycles. The van der Waals surface area contributed by atoms with Gasteiger partial charge in [0.15, 0.2) is 0 Å². The zero-order valence-corrected chi connectivity index (χ0v) is 24.3. The fraction of sp³-hybridized carbons (Fsp3) is 0. The normalized spacial score (nSPS) is 11.2. The maximum atomic E-state index is 2.29. The van der Waals surface area contributed by atoms with Crippen molar-refractivity contribution in [2.75, 3.05) is 0 Å². The lowest BCUT2D eigenvalue weighted by atomic mass is 9.82. The molecule has 0 heterocycles. The quantitative estimate of drug-likeness (QED) is 0.197. The van der Waals surface area contributed by atoms with E-state index in [0.29, 0.717) is 0 Å². The molecule has 0 atom stereocenters. The van der Waals surface area contributed by atoms with Gasteiger partial charge in [-0.2, -0.15) is 0 Å². The summed E-state index contributed by atoms with van der Waals surface area (Å²) in [6.45, 7) is 0. The number of hydrogen-bond acceptors (Lipinski definition) is 0. The van der Waals surface area contributed by atoms with Crippen LogP contribution < -0.4 is 0 Å². The monoisotopic (exact) mass is 558 g/mol. The van der Waals surface area contributed by atoms with Gasteiger partial charge in [-0.05, 0) is 77.2 Å². The molecule has 0 fully saturated rings. The minimum Gasteiger partial charge on any atom is -0.0622 e. The lowest BCUT2D eigenvalue weighted by molar-refractivity contribution is 1.57. The maximum Gasteiger partial charge on any atom is -0.00206 e. The van der Waals surface area contributed by atoms with Crippen LogP contribution in [0.2, 0.25) is 0 Å². The van der Waals surface area contributed by atoms with Crippen LogP contribution in [0.3, 0.4) is 0 Å². The Balaban J connectivity index is 1.44. The van der Waals surface area contributed by atoms with Gasteiger partial charge in [0.1, 0.15) is 0 Å². The summed E-state index contributed by atoms with van der Waals surface area (Å²) in [4.78, 5) is 0. The van der Waals surface area contributed by atoms with Gasteiger partial charge in [-0.15, -0.1) is 0 Å². The van der Waals surface area contributed by atoms with Gasteiger partial charge in [0.2, 0.25) is 0 Å². The van der Waals surface area contributed by atoms with Crippen LogP contribution in [-0.4, -0.2) is 0 Å². The minimum absolute atomic E-state index is 1.22. The van der Waals surface area contributed by atoms with Gasteiger partial charge in [-0.3, -0.25) is 0 Å². The highest BCUT2D eigenvalue weighted by Gasteiger charge is 2.20. The largest absolute Gasteiger partial charge is 0.0622 e. The Morgan fingerprint density at radius 2 is 0.545 bits per heavy atom. The predicted octanol–water partition coefficient (Wildman–Crippen LogP) is 12.3. The van der Waals surface area contributed by atoms with E-state index in [2.05, 4.69) is 182 Å². The number of fused-ring (bicyclic) bond motifs is 2. The molecule has 0 heteroatoms. The molecule has 44 heavy (non-hydrogen) atoms. The van der Waals surface area contributed by atoms with E-state index in [0.717, 1.165) is 0 Å². The van der Waals surface area contributed by atoms with Gasteiger partial charge in [-0.25, -0.2) is 0 Å². The molecule has 0 aliphatic carbocycles. The van der Waals surface area contributed by atoms with Crippen LogP contribution in [-0.2, 0) is 0 Å². The second-order valence-electron chi connectivity index (χ2n) is 11.2. The first-order valence-corrected chi connectivity index (χ1v) is 15.2. The van der Waals surface area contributed by atoms with Gasteiger partial charge < -0.3 is 0 Å². The molecule has 0 aliphatic rings. The van der Waals surface area contributed by atoms with E-state index in [4.69, 9.17) is 0 Å². The highest BCUT2D eigenvalue weighted by molar-refractivity contribution is 6.11. The van der Waals surface area contributed by atoms with Gasteiger partial charge in [0.25, 0.3) is 0 Å². The molecule has 0 saturated carbocycles. The Kier molecular flexibility index (Phi) is 6.59. The number of hydrogen-bond donors (Lipinski definition) is 0. The maximum absolute atomic E-state index is 2.29. The lowest BCUT2D eigenvalue weighted by Crippen LogP contribution is -1.94. The summed E-state index contributed by atoms with van der Waals surface area (Å²) in [5.41, 5.74) is 12.4. The van der Waals surface area contributed by atoms with E-state index < -0.39 is 0 Å². The molecule has 0 amide bonds. The lowest BCUT2D eigenvalue weighted by Gasteiger charge is -2.21. The molecular weight excluding hydrogens is 528 g/mol. The van der Waals surface area contributed by atoms with Gasteiger partial charge in [-0.1, -0.05) is 182 Å². The van der Waals surface area contributed by atoms with Crippen LogP contribution >= 0.6 is 0 Å². The summed E-state index contributed by atoms with van der Waals surface area (Å²) < 4.78 is 0. The number of benzene rings is 8. The van der Waals surface area contributed by atoms with Crippen molar-refractivity contribution in [2.45, 2.75) is 0 Å². The summed E-state index contributed by atoms with van der Waals surface area (Å²) >= 11 is 0. The third kappa shape index (κ3) is 4.49. The second kappa shape index (κ2) is 11.2. The molecule has 0 radical (unpaired) electrons. The Labute approximate surface area is 258 Å². The Hall–Kier alpha value is -5.72. The fourth-order valence-corrected chi connectivity index (χ4v) is 6.71. The summed E-state index contributed by atoms with van der Waals surface area (Å²) in [5, 5.41) is 5.00. The van der Waals surface area contributed by atoms with Crippen molar-refractivity contribution in [3.8, 4) is 55.6 Å². The first-order valence-electron chi connectivity index (χ1n) is 15.2. The molecule has 206 valence electrons. The van der Waals surface area contributed by atoms with Crippen molar-refractivity contribution < 1.29 is 0 Å². The molecule has 0 aromatic heterocycles. The summed E-state index contributed by atoms with van der Waals surface area (Å²) in [6, 6.07) is 66.0. The van der Waals surface area contributed by atoms with Gasteiger partial charge in [0.05, 0.1) is 0 Å². The van der Waals surface area contributed by atoms with Crippen molar-refractivity contribution in [3.63, 3.8) is 0 Å². The highest BCUT2D eigenvalue weighted by atomic mass is 14.2. The zero-order valence-electron chi connectivity index (χ0n) is 24.3. The van der Waals surface area contributed by atoms with E-state index in [-0.39, 0.29) is 0 Å². The van der Waals surface area contributed by atoms with E-state index in [9.17, 15) is 0 Å². The fourth-order valence-electron chi connectivity index (χ4n) is 6.71. The average molecular weight is 559 g/mol. The number of rotatable bonds is 5. The van der Waals surface area contributed by atoms with E-state index in [1.54, 1.807) is 0 Å². The molecule has 8 rings (SSSR count). The molecular formula is C44H30. The second-order valence-corrected chi connectivity index (χ2v) is 11.2. The highest BCUT2D eigenvalue weighted by Crippen LogP contribution is 2.47. The summed E-state index contributed by atoms with van der Waals surface area (Å²) in [7, 11) is 0. The van der Waals surface area contributed by atoms with Crippen LogP contribution in [0.25, 0.3) is 77.2 Å². The van der Waals surface area contributed by atoms with Crippen molar-refractivity contribution in [1.29, 1.82) is 0 Å². The van der Waals surface area contributed by atoms with E-state index >= 15 is 0 Å². The topological polar surface area (TPSA) is 0 Å². The van der Waals surface area contributed by atoms with Gasteiger partial charge in [0, 0.05) is 0 Å². The SMILES string of the molecule is c1ccc(-c2ccc3ccccc3c2-c2ccccc2-c2ccccc2-c2c(-c3ccccc3)ccc3ccccc23)cc1. The molecule has 0 nitrogen and oxygen atoms in total. The molecule has 0 spiro atoms. The Morgan fingerprint density at radius 3 is 0.977 bits per heavy atom. The van der Waals surface area contributed by atoms with E-state index in [1.807, 2.05) is 0 Å². The zero-order chi connectivity index (χ0) is 29.3. The summed E-state index contributed by atoms with van der Waals surface area (Å²) in [6.07, 6.45) is 0. The first-order chi connectivity index (χ1) is 21.9. The average Bonchev–Trinajstić information content (AvgIpc) is 3.11. The van der Waals surface area contributed by atoms with Crippen LogP contribution in [0.4, 0.5) is 0 Å². The van der Waals surface area contributed by atoms with Crippen LogP contribution in [0.1, 0.15) is 0 Å². The molecule has 0 unspecified atom stereocenters. The third-order valence-corrected chi connectivity index (χ3v) is 8.71. The van der Waals surface area contributed by atoms with Crippen molar-refractivity contribution in [3.05, 3.63) is 182 Å². The van der Waals surface area contributed by atoms with Crippen LogP contribution in [0.5, 0.6) is 0 Å². The molecule has 0 N–H and O–H groups in total. The first kappa shape index (κ1) is 25.9. The van der Waals surface area contributed by atoms with Crippen LogP contribution in [0, 0.1) is 0 Å².